The number of benzene rings is 3. The highest BCUT2D eigenvalue weighted by atomic mass is 79.9. The number of hydrogen-bond acceptors (Lipinski definition) is 4. The Balaban J connectivity index is 1.25. The molecule has 10 heteroatoms. The van der Waals surface area contributed by atoms with E-state index in [0.717, 1.165) is 27.1 Å². The molecule has 7 nitrogen and oxygen atoms in total. The Hall–Kier alpha value is -3.95. The lowest BCUT2D eigenvalue weighted by molar-refractivity contribution is 0.251. The van der Waals surface area contributed by atoms with E-state index in [1.807, 2.05) is 54.6 Å². The molecule has 0 aliphatic heterocycles. The second kappa shape index (κ2) is 11.0. The van der Waals surface area contributed by atoms with Crippen LogP contribution in [0.25, 0.3) is 16.9 Å². The van der Waals surface area contributed by atoms with Gasteiger partial charge in [0.25, 0.3) is 0 Å². The van der Waals surface area contributed by atoms with Crippen molar-refractivity contribution in [1.82, 2.24) is 19.9 Å². The lowest BCUT2D eigenvalue weighted by Gasteiger charge is -2.12. The lowest BCUT2D eigenvalue weighted by atomic mass is 10.1. The molecular formula is C27H21BrClFN6O. The van der Waals surface area contributed by atoms with E-state index in [1.54, 1.807) is 22.8 Å². The van der Waals surface area contributed by atoms with Gasteiger partial charge >= 0.3 is 6.03 Å². The molecular weight excluding hydrogens is 559 g/mol. The molecule has 37 heavy (non-hydrogen) atoms. The number of halogens is 3. The number of aromatic nitrogens is 3. The van der Waals surface area contributed by atoms with Crippen molar-refractivity contribution in [3.05, 3.63) is 111 Å². The Labute approximate surface area is 225 Å². The smallest absolute Gasteiger partial charge is 0.319 e. The molecule has 0 fully saturated rings. The number of hydrogen-bond donors (Lipinski definition) is 3. The molecule has 0 bridgehead atoms. The number of amides is 2. The fraction of sp³-hybridized carbons (Fsp3) is 0.0741. The first-order valence-corrected chi connectivity index (χ1v) is 12.5. The minimum absolute atomic E-state index is 0.228. The third-order valence-corrected chi connectivity index (χ3v) is 6.50. The average molecular weight is 580 g/mol. The molecule has 0 aliphatic rings. The van der Waals surface area contributed by atoms with E-state index < -0.39 is 0 Å². The second-order valence-electron chi connectivity index (χ2n) is 8.22. The summed E-state index contributed by atoms with van der Waals surface area (Å²) in [5.74, 6) is 0.418. The fourth-order valence-electron chi connectivity index (χ4n) is 3.77. The molecule has 5 aromatic rings. The fourth-order valence-corrected chi connectivity index (χ4v) is 4.35. The first-order chi connectivity index (χ1) is 18.0. The Morgan fingerprint density at radius 3 is 2.57 bits per heavy atom. The molecule has 186 valence electrons. The molecule has 0 spiro atoms. The summed E-state index contributed by atoms with van der Waals surface area (Å²) in [5.41, 5.74) is 4.55. The van der Waals surface area contributed by atoms with E-state index in [-0.39, 0.29) is 18.4 Å². The third-order valence-electron chi connectivity index (χ3n) is 5.61. The van der Waals surface area contributed by atoms with E-state index >= 15 is 0 Å². The van der Waals surface area contributed by atoms with Gasteiger partial charge in [-0.25, -0.2) is 14.2 Å². The van der Waals surface area contributed by atoms with E-state index in [1.165, 1.54) is 12.1 Å². The maximum absolute atomic E-state index is 13.3. The molecule has 2 heterocycles. The van der Waals surface area contributed by atoms with Crippen molar-refractivity contribution in [2.75, 3.05) is 10.6 Å². The predicted molar refractivity (Wildman–Crippen MR) is 147 cm³/mol. The number of nitrogens with zero attached hydrogens (tertiary/aromatic N) is 3. The molecule has 0 unspecified atom stereocenters. The van der Waals surface area contributed by atoms with Crippen LogP contribution in [0.3, 0.4) is 0 Å². The zero-order chi connectivity index (χ0) is 25.8. The number of fused-ring (bicyclic) bond motifs is 1. The topological polar surface area (TPSA) is 83.4 Å². The summed E-state index contributed by atoms with van der Waals surface area (Å²) in [5, 5.41) is 13.9. The molecule has 2 amide bonds. The van der Waals surface area contributed by atoms with E-state index in [4.69, 9.17) is 16.6 Å². The predicted octanol–water partition coefficient (Wildman–Crippen LogP) is 6.89. The van der Waals surface area contributed by atoms with Gasteiger partial charge in [0.1, 0.15) is 11.6 Å². The molecule has 3 N–H and O–H groups in total. The van der Waals surface area contributed by atoms with Crippen molar-refractivity contribution in [1.29, 1.82) is 0 Å². The van der Waals surface area contributed by atoms with E-state index in [0.29, 0.717) is 28.5 Å². The number of rotatable bonds is 7. The third kappa shape index (κ3) is 5.90. The van der Waals surface area contributed by atoms with Crippen LogP contribution in [0, 0.1) is 5.82 Å². The van der Waals surface area contributed by atoms with Crippen molar-refractivity contribution in [2.45, 2.75) is 13.1 Å². The van der Waals surface area contributed by atoms with Gasteiger partial charge in [0, 0.05) is 35.4 Å². The summed E-state index contributed by atoms with van der Waals surface area (Å²) >= 11 is 9.93. The molecule has 2 aromatic heterocycles. The summed E-state index contributed by atoms with van der Waals surface area (Å²) in [6, 6.07) is 22.7. The largest absolute Gasteiger partial charge is 0.366 e. The van der Waals surface area contributed by atoms with Crippen LogP contribution in [0.15, 0.2) is 89.5 Å². The zero-order valence-corrected chi connectivity index (χ0v) is 21.7. The van der Waals surface area contributed by atoms with Gasteiger partial charge in [-0.05, 0) is 57.4 Å². The first-order valence-electron chi connectivity index (χ1n) is 11.4. The normalized spacial score (nSPS) is 10.9. The van der Waals surface area contributed by atoms with Crippen molar-refractivity contribution < 1.29 is 9.18 Å². The number of nitrogens with one attached hydrogen (secondary N) is 3. The van der Waals surface area contributed by atoms with Gasteiger partial charge in [-0.1, -0.05) is 54.1 Å². The van der Waals surface area contributed by atoms with E-state index in [2.05, 4.69) is 37.0 Å². The molecule has 0 radical (unpaired) electrons. The monoisotopic (exact) mass is 578 g/mol. The van der Waals surface area contributed by atoms with Gasteiger partial charge in [-0.3, -0.25) is 0 Å². The molecule has 3 aromatic carbocycles. The van der Waals surface area contributed by atoms with Crippen LogP contribution < -0.4 is 16.0 Å². The van der Waals surface area contributed by atoms with Crippen molar-refractivity contribution in [3.63, 3.8) is 0 Å². The standard InChI is InChI=1S/C27H21BrClFN6O/c28-22-16-33-36-25(13-24(35-26(22)36)21-6-1-2-7-23(21)29)31-14-17-8-10-20(11-9-17)34-27(37)32-15-18-4-3-5-19(30)12-18/h1-13,16,31H,14-15H2,(H2,32,34,37). The Morgan fingerprint density at radius 2 is 1.78 bits per heavy atom. The van der Waals surface area contributed by atoms with E-state index in [9.17, 15) is 9.18 Å². The second-order valence-corrected chi connectivity index (χ2v) is 9.48. The van der Waals surface area contributed by atoms with Crippen molar-refractivity contribution in [2.24, 2.45) is 0 Å². The number of urea groups is 1. The molecule has 0 atom stereocenters. The van der Waals surface area contributed by atoms with Gasteiger partial charge in [0.05, 0.1) is 16.4 Å². The number of carbonyl (C=O) groups excluding carboxylic acids is 1. The van der Waals surface area contributed by atoms with Crippen LogP contribution in [-0.4, -0.2) is 20.6 Å². The highest BCUT2D eigenvalue weighted by Gasteiger charge is 2.13. The molecule has 5 rings (SSSR count). The first kappa shape index (κ1) is 24.7. The number of anilines is 2. The summed E-state index contributed by atoms with van der Waals surface area (Å²) in [6.45, 7) is 0.746. The van der Waals surface area contributed by atoms with Gasteiger partial charge < -0.3 is 16.0 Å². The Bertz CT molecular complexity index is 1570. The van der Waals surface area contributed by atoms with Crippen molar-refractivity contribution in [3.8, 4) is 11.3 Å². The van der Waals surface area contributed by atoms with Crippen LogP contribution in [0.2, 0.25) is 5.02 Å². The zero-order valence-electron chi connectivity index (χ0n) is 19.4. The van der Waals surface area contributed by atoms with Crippen molar-refractivity contribution >= 4 is 50.7 Å². The summed E-state index contributed by atoms with van der Waals surface area (Å²) < 4.78 is 15.8. The average Bonchev–Trinajstić information content (AvgIpc) is 3.28. The summed E-state index contributed by atoms with van der Waals surface area (Å²) in [6.07, 6.45) is 1.70. The molecule has 0 saturated heterocycles. The minimum Gasteiger partial charge on any atom is -0.366 e. The van der Waals surface area contributed by atoms with Gasteiger partial charge in [-0.15, -0.1) is 0 Å². The highest BCUT2D eigenvalue weighted by molar-refractivity contribution is 9.10. The van der Waals surface area contributed by atoms with Crippen LogP contribution in [0.4, 0.5) is 20.7 Å². The van der Waals surface area contributed by atoms with Crippen LogP contribution in [0.5, 0.6) is 0 Å². The maximum Gasteiger partial charge on any atom is 0.319 e. The van der Waals surface area contributed by atoms with Gasteiger partial charge in [-0.2, -0.15) is 9.61 Å². The summed E-state index contributed by atoms with van der Waals surface area (Å²) in [4.78, 5) is 16.9. The number of carbonyl (C=O) groups is 1. The lowest BCUT2D eigenvalue weighted by Crippen LogP contribution is -2.28. The van der Waals surface area contributed by atoms with Crippen LogP contribution >= 0.6 is 27.5 Å². The minimum atomic E-state index is -0.370. The SMILES string of the molecule is O=C(NCc1cccc(F)c1)Nc1ccc(CNc2cc(-c3ccccc3Cl)nc3c(Br)cnn23)cc1. The van der Waals surface area contributed by atoms with Crippen LogP contribution in [0.1, 0.15) is 11.1 Å². The molecule has 0 saturated carbocycles. The van der Waals surface area contributed by atoms with Gasteiger partial charge in [0.2, 0.25) is 0 Å². The maximum atomic E-state index is 13.3. The molecule has 0 aliphatic carbocycles. The Morgan fingerprint density at radius 1 is 0.973 bits per heavy atom. The van der Waals surface area contributed by atoms with Crippen LogP contribution in [-0.2, 0) is 13.1 Å². The Kier molecular flexibility index (Phi) is 7.34. The highest BCUT2D eigenvalue weighted by Crippen LogP contribution is 2.30. The quantitative estimate of drug-likeness (QED) is 0.196. The summed E-state index contributed by atoms with van der Waals surface area (Å²) in [7, 11) is 0. The van der Waals surface area contributed by atoms with Gasteiger partial charge in [0.15, 0.2) is 5.65 Å².